The Balaban J connectivity index is 2.39. The van der Waals surface area contributed by atoms with Crippen LogP contribution in [0.2, 0.25) is 0 Å². The summed E-state index contributed by atoms with van der Waals surface area (Å²) in [6.07, 6.45) is 4.32. The number of aromatic nitrogens is 2. The summed E-state index contributed by atoms with van der Waals surface area (Å²) in [5, 5.41) is 6.94. The lowest BCUT2D eigenvalue weighted by molar-refractivity contribution is 0.907. The molecule has 2 nitrogen and oxygen atoms in total. The predicted molar refractivity (Wildman–Crippen MR) is 43.8 cm³/mol. The molecule has 1 aromatic rings. The third kappa shape index (κ3) is 0.870. The Labute approximate surface area is 67.2 Å². The van der Waals surface area contributed by atoms with E-state index in [1.54, 1.807) is 0 Å². The van der Waals surface area contributed by atoms with Crippen molar-refractivity contribution in [2.75, 3.05) is 0 Å². The van der Waals surface area contributed by atoms with Crippen molar-refractivity contribution in [3.8, 4) is 0 Å². The minimum absolute atomic E-state index is 0.798. The topological polar surface area (TPSA) is 28.7 Å². The SMILES string of the molecule is IC1Cc2cn[nH]c2C1. The van der Waals surface area contributed by atoms with Gasteiger partial charge in [0.15, 0.2) is 0 Å². The highest BCUT2D eigenvalue weighted by atomic mass is 127. The third-order valence-electron chi connectivity index (χ3n) is 1.67. The van der Waals surface area contributed by atoms with Gasteiger partial charge in [-0.1, -0.05) is 22.6 Å². The predicted octanol–water partition coefficient (Wildman–Crippen LogP) is 1.31. The van der Waals surface area contributed by atoms with Gasteiger partial charge in [0.25, 0.3) is 0 Å². The Kier molecular flexibility index (Phi) is 1.25. The number of H-pyrrole nitrogens is 1. The van der Waals surface area contributed by atoms with Crippen LogP contribution in [0.4, 0.5) is 0 Å². The van der Waals surface area contributed by atoms with Crippen molar-refractivity contribution in [2.45, 2.75) is 16.8 Å². The molecule has 0 amide bonds. The van der Waals surface area contributed by atoms with Crippen LogP contribution in [0.5, 0.6) is 0 Å². The maximum Gasteiger partial charge on any atom is 0.0522 e. The molecule has 0 spiro atoms. The molecule has 0 aliphatic heterocycles. The summed E-state index contributed by atoms with van der Waals surface area (Å²) in [4.78, 5) is 0. The maximum atomic E-state index is 3.95. The van der Waals surface area contributed by atoms with Gasteiger partial charge in [-0.2, -0.15) is 5.10 Å². The molecule has 0 radical (unpaired) electrons. The summed E-state index contributed by atoms with van der Waals surface area (Å²) >= 11 is 2.48. The van der Waals surface area contributed by atoms with E-state index in [2.05, 4.69) is 32.8 Å². The second-order valence-electron chi connectivity index (χ2n) is 2.38. The number of nitrogens with one attached hydrogen (secondary N) is 1. The Bertz CT molecular complexity index is 198. The van der Waals surface area contributed by atoms with Crippen molar-refractivity contribution in [2.24, 2.45) is 0 Å². The molecular weight excluding hydrogens is 227 g/mol. The first-order chi connectivity index (χ1) is 4.36. The molecule has 1 heterocycles. The third-order valence-corrected chi connectivity index (χ3v) is 2.56. The van der Waals surface area contributed by atoms with Crippen LogP contribution in [0, 0.1) is 0 Å². The monoisotopic (exact) mass is 234 g/mol. The van der Waals surface area contributed by atoms with E-state index in [1.807, 2.05) is 6.20 Å². The molecule has 1 aliphatic carbocycles. The average Bonchev–Trinajstić information content (AvgIpc) is 2.22. The van der Waals surface area contributed by atoms with E-state index in [-0.39, 0.29) is 0 Å². The fourth-order valence-electron chi connectivity index (χ4n) is 1.22. The summed E-state index contributed by atoms with van der Waals surface area (Å²) in [6.45, 7) is 0. The number of rotatable bonds is 0. The summed E-state index contributed by atoms with van der Waals surface area (Å²) in [5.74, 6) is 0. The molecule has 0 aromatic carbocycles. The normalized spacial score (nSPS) is 24.3. The van der Waals surface area contributed by atoms with Gasteiger partial charge in [0.05, 0.1) is 6.20 Å². The van der Waals surface area contributed by atoms with E-state index in [1.165, 1.54) is 24.1 Å². The Morgan fingerprint density at radius 3 is 3.33 bits per heavy atom. The van der Waals surface area contributed by atoms with E-state index in [9.17, 15) is 0 Å². The standard InChI is InChI=1S/C6H7IN2/c7-5-1-4-3-8-9-6(4)2-5/h3,5H,1-2H2,(H,8,9). The molecule has 9 heavy (non-hydrogen) atoms. The van der Waals surface area contributed by atoms with Crippen molar-refractivity contribution in [3.05, 3.63) is 17.5 Å². The Hall–Kier alpha value is -0.0600. The van der Waals surface area contributed by atoms with Crippen molar-refractivity contribution >= 4 is 22.6 Å². The average molecular weight is 234 g/mol. The molecule has 2 rings (SSSR count). The van der Waals surface area contributed by atoms with Gasteiger partial charge in [0, 0.05) is 16.0 Å². The van der Waals surface area contributed by atoms with Gasteiger partial charge in [0.1, 0.15) is 0 Å². The van der Waals surface area contributed by atoms with Gasteiger partial charge in [-0.3, -0.25) is 5.10 Å². The lowest BCUT2D eigenvalue weighted by Crippen LogP contribution is -1.94. The molecule has 3 heteroatoms. The van der Waals surface area contributed by atoms with E-state index in [4.69, 9.17) is 0 Å². The number of alkyl halides is 1. The van der Waals surface area contributed by atoms with Gasteiger partial charge < -0.3 is 0 Å². The highest BCUT2D eigenvalue weighted by molar-refractivity contribution is 14.1. The molecule has 0 saturated carbocycles. The molecule has 1 aromatic heterocycles. The number of halogens is 1. The van der Waals surface area contributed by atoms with E-state index >= 15 is 0 Å². The minimum atomic E-state index is 0.798. The highest BCUT2D eigenvalue weighted by Crippen LogP contribution is 2.24. The van der Waals surface area contributed by atoms with Gasteiger partial charge in [-0.15, -0.1) is 0 Å². The molecule has 1 aliphatic rings. The van der Waals surface area contributed by atoms with Crippen LogP contribution in [0.1, 0.15) is 11.3 Å². The molecule has 0 bridgehead atoms. The minimum Gasteiger partial charge on any atom is -0.282 e. The number of nitrogens with zero attached hydrogens (tertiary/aromatic N) is 1. The summed E-state index contributed by atoms with van der Waals surface area (Å²) < 4.78 is 0.798. The largest absolute Gasteiger partial charge is 0.282 e. The maximum absolute atomic E-state index is 3.95. The van der Waals surface area contributed by atoms with Gasteiger partial charge in [0.2, 0.25) is 0 Å². The number of fused-ring (bicyclic) bond motifs is 1. The quantitative estimate of drug-likeness (QED) is 0.532. The molecule has 48 valence electrons. The van der Waals surface area contributed by atoms with Crippen molar-refractivity contribution in [1.82, 2.24) is 10.2 Å². The van der Waals surface area contributed by atoms with E-state index in [0.717, 1.165) is 3.92 Å². The zero-order valence-corrected chi connectivity index (χ0v) is 7.05. The highest BCUT2D eigenvalue weighted by Gasteiger charge is 2.19. The summed E-state index contributed by atoms with van der Waals surface area (Å²) in [5.41, 5.74) is 2.75. The van der Waals surface area contributed by atoms with Crippen LogP contribution in [-0.2, 0) is 12.8 Å². The van der Waals surface area contributed by atoms with Crippen molar-refractivity contribution < 1.29 is 0 Å². The van der Waals surface area contributed by atoms with Crippen LogP contribution in [0.25, 0.3) is 0 Å². The Morgan fingerprint density at radius 2 is 2.56 bits per heavy atom. The van der Waals surface area contributed by atoms with Crippen molar-refractivity contribution in [1.29, 1.82) is 0 Å². The van der Waals surface area contributed by atoms with Crippen LogP contribution in [0.3, 0.4) is 0 Å². The summed E-state index contributed by atoms with van der Waals surface area (Å²) in [6, 6.07) is 0. The van der Waals surface area contributed by atoms with Crippen molar-refractivity contribution in [3.63, 3.8) is 0 Å². The molecule has 1 N–H and O–H groups in total. The zero-order valence-electron chi connectivity index (χ0n) is 4.89. The van der Waals surface area contributed by atoms with E-state index in [0.29, 0.717) is 0 Å². The first-order valence-electron chi connectivity index (χ1n) is 3.01. The molecular formula is C6H7IN2. The molecule has 1 unspecified atom stereocenters. The lowest BCUT2D eigenvalue weighted by Gasteiger charge is -1.92. The fourth-order valence-corrected chi connectivity index (χ4v) is 2.14. The second kappa shape index (κ2) is 1.97. The molecule has 0 saturated heterocycles. The lowest BCUT2D eigenvalue weighted by atomic mass is 10.3. The number of aromatic amines is 1. The Morgan fingerprint density at radius 1 is 1.67 bits per heavy atom. The van der Waals surface area contributed by atoms with Gasteiger partial charge >= 0.3 is 0 Å². The van der Waals surface area contributed by atoms with Crippen LogP contribution < -0.4 is 0 Å². The van der Waals surface area contributed by atoms with Crippen LogP contribution in [0.15, 0.2) is 6.20 Å². The number of hydrogen-bond acceptors (Lipinski definition) is 1. The summed E-state index contributed by atoms with van der Waals surface area (Å²) in [7, 11) is 0. The van der Waals surface area contributed by atoms with Gasteiger partial charge in [-0.05, 0) is 12.0 Å². The first kappa shape index (κ1) is 5.70. The number of hydrogen-bond donors (Lipinski definition) is 1. The second-order valence-corrected chi connectivity index (χ2v) is 4.14. The van der Waals surface area contributed by atoms with E-state index < -0.39 is 0 Å². The van der Waals surface area contributed by atoms with Crippen LogP contribution >= 0.6 is 22.6 Å². The fraction of sp³-hybridized carbons (Fsp3) is 0.500. The molecule has 1 atom stereocenters. The zero-order chi connectivity index (χ0) is 6.27. The van der Waals surface area contributed by atoms with Gasteiger partial charge in [-0.25, -0.2) is 0 Å². The van der Waals surface area contributed by atoms with Crippen LogP contribution in [-0.4, -0.2) is 14.1 Å². The molecule has 0 fully saturated rings. The smallest absolute Gasteiger partial charge is 0.0522 e. The first-order valence-corrected chi connectivity index (χ1v) is 4.26.